The Bertz CT molecular complexity index is 767. The first kappa shape index (κ1) is 19.9. The number of nitrogens with zero attached hydrogens (tertiary/aromatic N) is 1. The van der Waals surface area contributed by atoms with Crippen LogP contribution >= 0.6 is 15.9 Å². The highest BCUT2D eigenvalue weighted by atomic mass is 79.9. The smallest absolute Gasteiger partial charge is 0.322 e. The zero-order valence-electron chi connectivity index (χ0n) is 15.1. The molecule has 7 heteroatoms. The number of anilines is 1. The SMILES string of the molecule is CCCN(Cc1ccccc1O)C(=O)Nc1cc(OC)c(OC)cc1Br. The van der Waals surface area contributed by atoms with Crippen LogP contribution in [0.25, 0.3) is 0 Å². The van der Waals surface area contributed by atoms with Crippen molar-refractivity contribution in [2.75, 3.05) is 26.1 Å². The maximum absolute atomic E-state index is 12.8. The summed E-state index contributed by atoms with van der Waals surface area (Å²) < 4.78 is 11.2. The fourth-order valence-corrected chi connectivity index (χ4v) is 2.94. The molecule has 0 unspecified atom stereocenters. The summed E-state index contributed by atoms with van der Waals surface area (Å²) in [6.45, 7) is 2.87. The molecule has 0 radical (unpaired) electrons. The first-order valence-electron chi connectivity index (χ1n) is 8.24. The van der Waals surface area contributed by atoms with E-state index >= 15 is 0 Å². The molecule has 2 aromatic rings. The van der Waals surface area contributed by atoms with Crippen molar-refractivity contribution in [2.45, 2.75) is 19.9 Å². The Hall–Kier alpha value is -2.41. The second kappa shape index (κ2) is 9.33. The van der Waals surface area contributed by atoms with Gasteiger partial charge >= 0.3 is 6.03 Å². The molecule has 6 nitrogen and oxygen atoms in total. The van der Waals surface area contributed by atoms with Gasteiger partial charge in [-0.15, -0.1) is 0 Å². The molecule has 2 rings (SSSR count). The fourth-order valence-electron chi connectivity index (χ4n) is 2.52. The fraction of sp³-hybridized carbons (Fsp3) is 0.316. The predicted molar refractivity (Wildman–Crippen MR) is 105 cm³/mol. The number of carbonyl (C=O) groups excluding carboxylic acids is 1. The van der Waals surface area contributed by atoms with Gasteiger partial charge in [0, 0.05) is 28.7 Å². The Morgan fingerprint density at radius 3 is 2.46 bits per heavy atom. The second-order valence-electron chi connectivity index (χ2n) is 5.67. The Morgan fingerprint density at radius 2 is 1.85 bits per heavy atom. The van der Waals surface area contributed by atoms with Gasteiger partial charge in [0.25, 0.3) is 0 Å². The number of urea groups is 1. The number of hydrogen-bond donors (Lipinski definition) is 2. The summed E-state index contributed by atoms with van der Waals surface area (Å²) in [6, 6.07) is 10.2. The number of benzene rings is 2. The summed E-state index contributed by atoms with van der Waals surface area (Å²) in [5.41, 5.74) is 1.27. The van der Waals surface area contributed by atoms with Gasteiger partial charge in [0.05, 0.1) is 26.5 Å². The zero-order chi connectivity index (χ0) is 19.1. The molecule has 0 heterocycles. The van der Waals surface area contributed by atoms with E-state index in [9.17, 15) is 9.90 Å². The van der Waals surface area contributed by atoms with Crippen LogP contribution in [-0.2, 0) is 6.54 Å². The summed E-state index contributed by atoms with van der Waals surface area (Å²) in [4.78, 5) is 14.4. The Kier molecular flexibility index (Phi) is 7.15. The molecule has 2 aromatic carbocycles. The number of ether oxygens (including phenoxy) is 2. The number of amides is 2. The van der Waals surface area contributed by atoms with Gasteiger partial charge in [-0.25, -0.2) is 4.79 Å². The Morgan fingerprint density at radius 1 is 1.19 bits per heavy atom. The van der Waals surface area contributed by atoms with E-state index in [2.05, 4.69) is 21.2 Å². The number of halogens is 1. The number of para-hydroxylation sites is 1. The first-order valence-corrected chi connectivity index (χ1v) is 9.03. The predicted octanol–water partition coefficient (Wildman–Crippen LogP) is 4.62. The highest BCUT2D eigenvalue weighted by Gasteiger charge is 2.18. The van der Waals surface area contributed by atoms with Crippen molar-refractivity contribution in [1.29, 1.82) is 0 Å². The number of hydrogen-bond acceptors (Lipinski definition) is 4. The summed E-state index contributed by atoms with van der Waals surface area (Å²) in [7, 11) is 3.09. The first-order chi connectivity index (χ1) is 12.5. The third-order valence-electron chi connectivity index (χ3n) is 3.85. The van der Waals surface area contributed by atoms with E-state index in [4.69, 9.17) is 9.47 Å². The topological polar surface area (TPSA) is 71.0 Å². The summed E-state index contributed by atoms with van der Waals surface area (Å²) in [5.74, 6) is 1.26. The molecule has 26 heavy (non-hydrogen) atoms. The van der Waals surface area contributed by atoms with Gasteiger partial charge in [0.1, 0.15) is 5.75 Å². The number of rotatable bonds is 7. The van der Waals surface area contributed by atoms with Gasteiger partial charge in [0.15, 0.2) is 11.5 Å². The lowest BCUT2D eigenvalue weighted by molar-refractivity contribution is 0.208. The molecular weight excluding hydrogens is 400 g/mol. The van der Waals surface area contributed by atoms with Crippen LogP contribution in [0.1, 0.15) is 18.9 Å². The normalized spacial score (nSPS) is 10.3. The van der Waals surface area contributed by atoms with Crippen LogP contribution in [0.5, 0.6) is 17.2 Å². The molecule has 0 saturated carbocycles. The summed E-state index contributed by atoms with van der Waals surface area (Å²) in [6.07, 6.45) is 0.800. The van der Waals surface area contributed by atoms with E-state index in [0.717, 1.165) is 6.42 Å². The molecule has 0 aliphatic carbocycles. The summed E-state index contributed by atoms with van der Waals surface area (Å²) in [5, 5.41) is 12.9. The number of phenolic OH excluding ortho intramolecular Hbond substituents is 1. The van der Waals surface area contributed by atoms with E-state index < -0.39 is 0 Å². The minimum absolute atomic E-state index is 0.175. The Balaban J connectivity index is 2.21. The molecule has 0 aliphatic heterocycles. The zero-order valence-corrected chi connectivity index (χ0v) is 16.7. The number of methoxy groups -OCH3 is 2. The molecule has 2 amide bonds. The standard InChI is InChI=1S/C19H23BrN2O4/c1-4-9-22(12-13-7-5-6-8-16(13)23)19(24)21-15-11-18(26-3)17(25-2)10-14(15)20/h5-8,10-11,23H,4,9,12H2,1-3H3,(H,21,24). The summed E-state index contributed by atoms with van der Waals surface area (Å²) >= 11 is 3.44. The largest absolute Gasteiger partial charge is 0.508 e. The number of phenols is 1. The lowest BCUT2D eigenvalue weighted by Gasteiger charge is -2.24. The van der Waals surface area contributed by atoms with Crippen molar-refractivity contribution < 1.29 is 19.4 Å². The van der Waals surface area contributed by atoms with Crippen LogP contribution in [0.4, 0.5) is 10.5 Å². The number of nitrogens with one attached hydrogen (secondary N) is 1. The van der Waals surface area contributed by atoms with Crippen molar-refractivity contribution in [3.8, 4) is 17.2 Å². The van der Waals surface area contributed by atoms with Gasteiger partial charge in [-0.05, 0) is 28.4 Å². The van der Waals surface area contributed by atoms with Crippen LogP contribution in [0, 0.1) is 0 Å². The highest BCUT2D eigenvalue weighted by molar-refractivity contribution is 9.10. The van der Waals surface area contributed by atoms with E-state index in [-0.39, 0.29) is 11.8 Å². The van der Waals surface area contributed by atoms with Gasteiger partial charge in [-0.1, -0.05) is 25.1 Å². The lowest BCUT2D eigenvalue weighted by Crippen LogP contribution is -2.35. The van der Waals surface area contributed by atoms with Crippen molar-refractivity contribution >= 4 is 27.6 Å². The molecule has 0 fully saturated rings. The van der Waals surface area contributed by atoms with Crippen LogP contribution in [0.3, 0.4) is 0 Å². The van der Waals surface area contributed by atoms with Crippen molar-refractivity contribution in [3.05, 3.63) is 46.4 Å². The molecule has 0 aliphatic rings. The average Bonchev–Trinajstić information content (AvgIpc) is 2.64. The second-order valence-corrected chi connectivity index (χ2v) is 6.52. The van der Waals surface area contributed by atoms with Gasteiger partial charge in [-0.2, -0.15) is 0 Å². The van der Waals surface area contributed by atoms with Crippen LogP contribution in [-0.4, -0.2) is 36.8 Å². The van der Waals surface area contributed by atoms with Gasteiger partial charge in [-0.3, -0.25) is 0 Å². The van der Waals surface area contributed by atoms with Crippen LogP contribution in [0.2, 0.25) is 0 Å². The molecule has 0 atom stereocenters. The minimum atomic E-state index is -0.261. The molecule has 0 saturated heterocycles. The lowest BCUT2D eigenvalue weighted by atomic mass is 10.2. The van der Waals surface area contributed by atoms with E-state index in [0.29, 0.717) is 40.3 Å². The molecule has 2 N–H and O–H groups in total. The Labute approximate surface area is 161 Å². The maximum atomic E-state index is 12.8. The quantitative estimate of drug-likeness (QED) is 0.682. The molecule has 0 spiro atoms. The third kappa shape index (κ3) is 4.82. The van der Waals surface area contributed by atoms with Crippen molar-refractivity contribution in [3.63, 3.8) is 0 Å². The van der Waals surface area contributed by atoms with E-state index in [1.54, 1.807) is 49.5 Å². The third-order valence-corrected chi connectivity index (χ3v) is 4.50. The highest BCUT2D eigenvalue weighted by Crippen LogP contribution is 2.36. The van der Waals surface area contributed by atoms with Crippen LogP contribution in [0.15, 0.2) is 40.9 Å². The minimum Gasteiger partial charge on any atom is -0.508 e. The van der Waals surface area contributed by atoms with Gasteiger partial charge < -0.3 is 24.8 Å². The molecule has 0 aromatic heterocycles. The van der Waals surface area contributed by atoms with E-state index in [1.807, 2.05) is 13.0 Å². The molecule has 140 valence electrons. The van der Waals surface area contributed by atoms with E-state index in [1.165, 1.54) is 0 Å². The van der Waals surface area contributed by atoms with Crippen LogP contribution < -0.4 is 14.8 Å². The maximum Gasteiger partial charge on any atom is 0.322 e. The van der Waals surface area contributed by atoms with Crippen molar-refractivity contribution in [1.82, 2.24) is 4.90 Å². The molecular formula is C19H23BrN2O4. The number of aromatic hydroxyl groups is 1. The monoisotopic (exact) mass is 422 g/mol. The van der Waals surface area contributed by atoms with Crippen molar-refractivity contribution in [2.24, 2.45) is 0 Å². The average molecular weight is 423 g/mol. The molecule has 0 bridgehead atoms. The number of carbonyl (C=O) groups is 1. The van der Waals surface area contributed by atoms with Gasteiger partial charge in [0.2, 0.25) is 0 Å².